The first-order valence-corrected chi connectivity index (χ1v) is 8.93. The first-order valence-electron chi connectivity index (χ1n) is 8.93. The number of benzene rings is 1. The van der Waals surface area contributed by atoms with E-state index >= 15 is 0 Å². The summed E-state index contributed by atoms with van der Waals surface area (Å²) in [6, 6.07) is 8.27. The molecule has 6 nitrogen and oxygen atoms in total. The minimum absolute atomic E-state index is 0.770. The number of fused-ring (bicyclic) bond motifs is 1. The topological polar surface area (TPSA) is 43.7 Å². The quantitative estimate of drug-likeness (QED) is 0.787. The van der Waals surface area contributed by atoms with E-state index in [1.807, 2.05) is 36.4 Å². The van der Waals surface area contributed by atoms with E-state index in [4.69, 9.17) is 4.74 Å². The SMILES string of the molecule is COc1ccc(N2CCN(C3=CC(C)=NC4=C=CCC=NN43)CC2)cc1. The van der Waals surface area contributed by atoms with Gasteiger partial charge in [0.1, 0.15) is 11.6 Å². The first-order chi connectivity index (χ1) is 12.7. The van der Waals surface area contributed by atoms with Gasteiger partial charge in [0.25, 0.3) is 0 Å². The predicted molar refractivity (Wildman–Crippen MR) is 105 cm³/mol. The summed E-state index contributed by atoms with van der Waals surface area (Å²) >= 11 is 0. The summed E-state index contributed by atoms with van der Waals surface area (Å²) in [4.78, 5) is 9.35. The van der Waals surface area contributed by atoms with Crippen molar-refractivity contribution in [3.63, 3.8) is 0 Å². The van der Waals surface area contributed by atoms with Gasteiger partial charge in [0, 0.05) is 56.3 Å². The Kier molecular flexibility index (Phi) is 4.50. The van der Waals surface area contributed by atoms with Crippen molar-refractivity contribution in [2.45, 2.75) is 13.3 Å². The Morgan fingerprint density at radius 2 is 1.77 bits per heavy atom. The van der Waals surface area contributed by atoms with Crippen LogP contribution in [0.2, 0.25) is 0 Å². The molecule has 3 aliphatic heterocycles. The van der Waals surface area contributed by atoms with Crippen LogP contribution in [0.5, 0.6) is 5.75 Å². The largest absolute Gasteiger partial charge is 0.497 e. The maximum Gasteiger partial charge on any atom is 0.199 e. The second kappa shape index (κ2) is 7.10. The van der Waals surface area contributed by atoms with Crippen LogP contribution in [0.1, 0.15) is 13.3 Å². The molecular weight excluding hydrogens is 326 g/mol. The summed E-state index contributed by atoms with van der Waals surface area (Å²) in [7, 11) is 1.69. The average Bonchev–Trinajstić information content (AvgIpc) is 2.93. The second-order valence-corrected chi connectivity index (χ2v) is 6.45. The van der Waals surface area contributed by atoms with Gasteiger partial charge in [-0.1, -0.05) is 5.73 Å². The minimum atomic E-state index is 0.770. The molecule has 0 radical (unpaired) electrons. The maximum atomic E-state index is 5.25. The molecule has 0 saturated carbocycles. The molecular formula is C20H23N5O. The van der Waals surface area contributed by atoms with Crippen LogP contribution in [0.3, 0.4) is 0 Å². The first kappa shape index (κ1) is 16.5. The van der Waals surface area contributed by atoms with Crippen molar-refractivity contribution in [1.82, 2.24) is 9.91 Å². The third-order valence-electron chi connectivity index (χ3n) is 4.73. The van der Waals surface area contributed by atoms with Crippen LogP contribution in [-0.2, 0) is 0 Å². The highest BCUT2D eigenvalue weighted by Crippen LogP contribution is 2.26. The van der Waals surface area contributed by atoms with E-state index in [1.54, 1.807) is 7.11 Å². The molecule has 26 heavy (non-hydrogen) atoms. The second-order valence-electron chi connectivity index (χ2n) is 6.45. The lowest BCUT2D eigenvalue weighted by atomic mass is 10.2. The number of aliphatic imine (C=N–C) groups is 1. The van der Waals surface area contributed by atoms with Gasteiger partial charge in [-0.2, -0.15) is 10.1 Å². The van der Waals surface area contributed by atoms with E-state index in [-0.39, 0.29) is 0 Å². The van der Waals surface area contributed by atoms with Crippen molar-refractivity contribution >= 4 is 17.6 Å². The van der Waals surface area contributed by atoms with Gasteiger partial charge in [-0.05, 0) is 37.3 Å². The number of allylic oxidation sites excluding steroid dienone is 2. The normalized spacial score (nSPS) is 19.5. The van der Waals surface area contributed by atoms with Gasteiger partial charge in [-0.3, -0.25) is 0 Å². The molecule has 3 heterocycles. The monoisotopic (exact) mass is 349 g/mol. The van der Waals surface area contributed by atoms with Crippen LogP contribution in [0.4, 0.5) is 5.69 Å². The number of ether oxygens (including phenoxy) is 1. The zero-order valence-corrected chi connectivity index (χ0v) is 15.2. The molecule has 1 aromatic rings. The fraction of sp³-hybridized carbons (Fsp3) is 0.350. The number of hydrogen-bond donors (Lipinski definition) is 0. The van der Waals surface area contributed by atoms with Crippen LogP contribution in [0.15, 0.2) is 63.9 Å². The lowest BCUT2D eigenvalue weighted by molar-refractivity contribution is 0.231. The Bertz CT molecular complexity index is 822. The standard InChI is InChI=1S/C20H23N5O/c1-16-15-20(25-19(22-16)5-3-4-10-21-25)24-13-11-23(12-14-24)17-6-8-18(26-2)9-7-17/h3,6-10,15H,4,11-14H2,1-2H3. The Morgan fingerprint density at radius 3 is 2.50 bits per heavy atom. The Hall–Kier alpha value is -2.98. The van der Waals surface area contributed by atoms with Crippen LogP contribution >= 0.6 is 0 Å². The third-order valence-corrected chi connectivity index (χ3v) is 4.73. The van der Waals surface area contributed by atoms with Gasteiger partial charge in [0.2, 0.25) is 0 Å². The predicted octanol–water partition coefficient (Wildman–Crippen LogP) is 2.82. The number of anilines is 1. The molecule has 0 amide bonds. The van der Waals surface area contributed by atoms with Crippen molar-refractivity contribution < 1.29 is 4.74 Å². The molecule has 134 valence electrons. The summed E-state index contributed by atoms with van der Waals surface area (Å²) in [6.07, 6.45) is 6.77. The molecule has 0 bridgehead atoms. The van der Waals surface area contributed by atoms with Gasteiger partial charge < -0.3 is 14.5 Å². The maximum absolute atomic E-state index is 5.25. The van der Waals surface area contributed by atoms with Gasteiger partial charge in [-0.25, -0.2) is 4.99 Å². The van der Waals surface area contributed by atoms with Gasteiger partial charge >= 0.3 is 0 Å². The molecule has 1 aromatic carbocycles. The van der Waals surface area contributed by atoms with Crippen LogP contribution in [0.25, 0.3) is 0 Å². The number of methoxy groups -OCH3 is 1. The van der Waals surface area contributed by atoms with Crippen molar-refractivity contribution in [2.24, 2.45) is 10.1 Å². The van der Waals surface area contributed by atoms with E-state index in [1.165, 1.54) is 5.69 Å². The zero-order chi connectivity index (χ0) is 17.9. The molecule has 0 spiro atoms. The Morgan fingerprint density at radius 1 is 1.04 bits per heavy atom. The van der Waals surface area contributed by atoms with Gasteiger partial charge in [0.05, 0.1) is 7.11 Å². The van der Waals surface area contributed by atoms with Crippen LogP contribution in [-0.4, -0.2) is 55.1 Å². The average molecular weight is 349 g/mol. The number of nitrogens with zero attached hydrogens (tertiary/aromatic N) is 5. The molecule has 0 aliphatic carbocycles. The summed E-state index contributed by atoms with van der Waals surface area (Å²) in [5, 5.41) is 6.47. The van der Waals surface area contributed by atoms with Crippen molar-refractivity contribution in [3.05, 3.63) is 53.8 Å². The molecule has 0 atom stereocenters. The van der Waals surface area contributed by atoms with E-state index < -0.39 is 0 Å². The summed E-state index contributed by atoms with van der Waals surface area (Å²) in [5.41, 5.74) is 5.47. The number of hydrazone groups is 1. The van der Waals surface area contributed by atoms with E-state index in [0.29, 0.717) is 0 Å². The molecule has 0 N–H and O–H groups in total. The third kappa shape index (κ3) is 3.24. The molecule has 3 aliphatic rings. The number of hydrogen-bond acceptors (Lipinski definition) is 6. The molecule has 1 saturated heterocycles. The highest BCUT2D eigenvalue weighted by molar-refractivity contribution is 5.94. The number of piperazine rings is 1. The van der Waals surface area contributed by atoms with Crippen LogP contribution < -0.4 is 9.64 Å². The lowest BCUT2D eigenvalue weighted by Crippen LogP contribution is -2.48. The van der Waals surface area contributed by atoms with Crippen molar-refractivity contribution in [1.29, 1.82) is 0 Å². The van der Waals surface area contributed by atoms with E-state index in [9.17, 15) is 0 Å². The van der Waals surface area contributed by atoms with E-state index in [2.05, 4.69) is 43.8 Å². The van der Waals surface area contributed by atoms with Crippen molar-refractivity contribution in [2.75, 3.05) is 38.2 Å². The Balaban J connectivity index is 1.48. The fourth-order valence-electron chi connectivity index (χ4n) is 3.35. The fourth-order valence-corrected chi connectivity index (χ4v) is 3.35. The highest BCUT2D eigenvalue weighted by Gasteiger charge is 2.27. The zero-order valence-electron chi connectivity index (χ0n) is 15.2. The van der Waals surface area contributed by atoms with Crippen molar-refractivity contribution in [3.8, 4) is 5.75 Å². The minimum Gasteiger partial charge on any atom is -0.497 e. The molecule has 0 unspecified atom stereocenters. The Labute approximate surface area is 154 Å². The van der Waals surface area contributed by atoms with Gasteiger partial charge in [0.15, 0.2) is 5.82 Å². The molecule has 6 heteroatoms. The van der Waals surface area contributed by atoms with E-state index in [0.717, 1.165) is 55.7 Å². The molecule has 4 rings (SSSR count). The lowest BCUT2D eigenvalue weighted by Gasteiger charge is -2.41. The highest BCUT2D eigenvalue weighted by atomic mass is 16.5. The summed E-state index contributed by atoms with van der Waals surface area (Å²) in [6.45, 7) is 5.83. The number of rotatable bonds is 3. The summed E-state index contributed by atoms with van der Waals surface area (Å²) in [5.74, 6) is 2.74. The van der Waals surface area contributed by atoms with Crippen LogP contribution in [0, 0.1) is 0 Å². The van der Waals surface area contributed by atoms with Gasteiger partial charge in [-0.15, -0.1) is 0 Å². The molecule has 1 fully saturated rings. The smallest absolute Gasteiger partial charge is 0.199 e. The molecule has 0 aromatic heterocycles. The summed E-state index contributed by atoms with van der Waals surface area (Å²) < 4.78 is 5.25.